The molecule has 0 radical (unpaired) electrons. The lowest BCUT2D eigenvalue weighted by atomic mass is 10.0. The Labute approximate surface area is 191 Å². The summed E-state index contributed by atoms with van der Waals surface area (Å²) in [6.45, 7) is 5.33. The number of hydrogen-bond donors (Lipinski definition) is 0. The summed E-state index contributed by atoms with van der Waals surface area (Å²) >= 11 is 12.2. The van der Waals surface area contributed by atoms with E-state index in [-0.39, 0.29) is 22.8 Å². The first kappa shape index (κ1) is 22.9. The Hall–Kier alpha value is -2.75. The van der Waals surface area contributed by atoms with Crippen LogP contribution in [0.15, 0.2) is 42.5 Å². The van der Waals surface area contributed by atoms with Crippen molar-refractivity contribution in [3.05, 3.63) is 63.6 Å². The van der Waals surface area contributed by atoms with Gasteiger partial charge in [0.25, 0.3) is 11.8 Å². The van der Waals surface area contributed by atoms with Crippen LogP contribution in [0.1, 0.15) is 29.8 Å². The Kier molecular flexibility index (Phi) is 7.42. The van der Waals surface area contributed by atoms with E-state index < -0.39 is 6.10 Å². The van der Waals surface area contributed by atoms with Gasteiger partial charge >= 0.3 is 0 Å². The summed E-state index contributed by atoms with van der Waals surface area (Å²) in [5.74, 6) is -0.0690. The summed E-state index contributed by atoms with van der Waals surface area (Å²) in [6.07, 6.45) is -0.723. The minimum absolute atomic E-state index is 0.0934. The maximum absolute atomic E-state index is 13.2. The van der Waals surface area contributed by atoms with E-state index in [2.05, 4.69) is 6.07 Å². The molecule has 1 fully saturated rings. The molecule has 8 heteroatoms. The summed E-state index contributed by atoms with van der Waals surface area (Å²) in [4.78, 5) is 29.4. The van der Waals surface area contributed by atoms with E-state index in [1.165, 1.54) is 0 Å². The molecule has 1 saturated heterocycles. The number of nitriles is 1. The van der Waals surface area contributed by atoms with E-state index in [1.807, 2.05) is 13.8 Å². The standard InChI is InChI=1S/C23H23Cl2N3O3/c1-15(2)21(31-19-9-4-3-6-16(19)14-26)23(30)28-12-10-27(11-13-28)22(29)17-7-5-8-18(24)20(17)25/h3-9,15,21H,10-13H2,1-2H3. The number of para-hydroxylation sites is 1. The fourth-order valence-electron chi connectivity index (χ4n) is 3.42. The van der Waals surface area contributed by atoms with E-state index in [9.17, 15) is 14.9 Å². The van der Waals surface area contributed by atoms with Gasteiger partial charge in [-0.3, -0.25) is 9.59 Å². The Morgan fingerprint density at radius 3 is 2.29 bits per heavy atom. The van der Waals surface area contributed by atoms with Crippen LogP contribution < -0.4 is 4.74 Å². The van der Waals surface area contributed by atoms with Gasteiger partial charge in [-0.25, -0.2) is 0 Å². The molecule has 6 nitrogen and oxygen atoms in total. The molecule has 162 valence electrons. The average molecular weight is 460 g/mol. The molecule has 0 bridgehead atoms. The molecule has 1 aliphatic rings. The van der Waals surface area contributed by atoms with Crippen molar-refractivity contribution < 1.29 is 14.3 Å². The van der Waals surface area contributed by atoms with Crippen LogP contribution in [0.2, 0.25) is 10.0 Å². The maximum atomic E-state index is 13.2. The van der Waals surface area contributed by atoms with E-state index in [1.54, 1.807) is 52.3 Å². The molecule has 2 aromatic carbocycles. The van der Waals surface area contributed by atoms with Crippen molar-refractivity contribution >= 4 is 35.0 Å². The van der Waals surface area contributed by atoms with Crippen molar-refractivity contribution in [3.8, 4) is 11.8 Å². The van der Waals surface area contributed by atoms with E-state index >= 15 is 0 Å². The van der Waals surface area contributed by atoms with Crippen LogP contribution >= 0.6 is 23.2 Å². The van der Waals surface area contributed by atoms with Crippen LogP contribution in [0, 0.1) is 17.2 Å². The smallest absolute Gasteiger partial charge is 0.264 e. The summed E-state index contributed by atoms with van der Waals surface area (Å²) in [5.41, 5.74) is 0.736. The number of piperazine rings is 1. The van der Waals surface area contributed by atoms with Gasteiger partial charge in [-0.1, -0.05) is 55.2 Å². The van der Waals surface area contributed by atoms with Gasteiger partial charge in [-0.2, -0.15) is 5.26 Å². The van der Waals surface area contributed by atoms with Gasteiger partial charge in [0, 0.05) is 26.2 Å². The molecule has 1 aliphatic heterocycles. The zero-order valence-electron chi connectivity index (χ0n) is 17.3. The first-order valence-corrected chi connectivity index (χ1v) is 10.8. The Morgan fingerprint density at radius 1 is 1.00 bits per heavy atom. The summed E-state index contributed by atoms with van der Waals surface area (Å²) in [6, 6.07) is 13.9. The Balaban J connectivity index is 1.67. The van der Waals surface area contributed by atoms with Crippen molar-refractivity contribution in [2.75, 3.05) is 26.2 Å². The van der Waals surface area contributed by atoms with Crippen molar-refractivity contribution in [1.82, 2.24) is 9.80 Å². The molecule has 1 atom stereocenters. The highest BCUT2D eigenvalue weighted by Crippen LogP contribution is 2.27. The molecule has 0 N–H and O–H groups in total. The third kappa shape index (κ3) is 5.12. The third-order valence-electron chi connectivity index (χ3n) is 5.17. The zero-order chi connectivity index (χ0) is 22.5. The zero-order valence-corrected chi connectivity index (χ0v) is 18.9. The van der Waals surface area contributed by atoms with Crippen molar-refractivity contribution in [1.29, 1.82) is 5.26 Å². The SMILES string of the molecule is CC(C)C(Oc1ccccc1C#N)C(=O)N1CCN(C(=O)c2cccc(Cl)c2Cl)CC1. The van der Waals surface area contributed by atoms with Gasteiger partial charge in [0.15, 0.2) is 6.10 Å². The monoisotopic (exact) mass is 459 g/mol. The van der Waals surface area contributed by atoms with Crippen molar-refractivity contribution in [2.24, 2.45) is 5.92 Å². The number of amides is 2. The summed E-state index contributed by atoms with van der Waals surface area (Å²) in [5, 5.41) is 9.85. The minimum Gasteiger partial charge on any atom is -0.479 e. The van der Waals surface area contributed by atoms with Crippen LogP contribution in [0.4, 0.5) is 0 Å². The molecule has 3 rings (SSSR count). The number of halogens is 2. The van der Waals surface area contributed by atoms with Crippen LogP contribution in [-0.4, -0.2) is 53.9 Å². The molecular formula is C23H23Cl2N3O3. The van der Waals surface area contributed by atoms with Crippen LogP contribution in [0.3, 0.4) is 0 Å². The summed E-state index contributed by atoms with van der Waals surface area (Å²) < 4.78 is 5.96. The first-order chi connectivity index (χ1) is 14.8. The van der Waals surface area contributed by atoms with Crippen molar-refractivity contribution in [2.45, 2.75) is 20.0 Å². The number of rotatable bonds is 5. The maximum Gasteiger partial charge on any atom is 0.264 e. The van der Waals surface area contributed by atoms with Gasteiger partial charge in [-0.05, 0) is 30.2 Å². The molecule has 0 aromatic heterocycles. The largest absolute Gasteiger partial charge is 0.479 e. The lowest BCUT2D eigenvalue weighted by molar-refractivity contribution is -0.142. The number of ether oxygens (including phenoxy) is 1. The van der Waals surface area contributed by atoms with Crippen LogP contribution in [0.5, 0.6) is 5.75 Å². The van der Waals surface area contributed by atoms with Gasteiger partial charge in [0.2, 0.25) is 0 Å². The Bertz CT molecular complexity index is 1010. The molecule has 0 saturated carbocycles. The molecule has 1 heterocycles. The average Bonchev–Trinajstić information content (AvgIpc) is 2.78. The topological polar surface area (TPSA) is 73.6 Å². The number of nitrogens with zero attached hydrogens (tertiary/aromatic N) is 3. The van der Waals surface area contributed by atoms with Crippen LogP contribution in [-0.2, 0) is 4.79 Å². The Morgan fingerprint density at radius 2 is 1.65 bits per heavy atom. The first-order valence-electron chi connectivity index (χ1n) is 10.0. The van der Waals surface area contributed by atoms with Crippen LogP contribution in [0.25, 0.3) is 0 Å². The van der Waals surface area contributed by atoms with E-state index in [0.29, 0.717) is 48.1 Å². The number of hydrogen-bond acceptors (Lipinski definition) is 4. The summed E-state index contributed by atoms with van der Waals surface area (Å²) in [7, 11) is 0. The molecule has 2 amide bonds. The predicted octanol–water partition coefficient (Wildman–Crippen LogP) is 4.25. The highest BCUT2D eigenvalue weighted by atomic mass is 35.5. The molecule has 2 aromatic rings. The molecule has 0 spiro atoms. The van der Waals surface area contributed by atoms with Gasteiger partial charge in [0.1, 0.15) is 11.8 Å². The third-order valence-corrected chi connectivity index (χ3v) is 5.99. The molecule has 0 aliphatic carbocycles. The molecule has 31 heavy (non-hydrogen) atoms. The van der Waals surface area contributed by atoms with Gasteiger partial charge < -0.3 is 14.5 Å². The predicted molar refractivity (Wildman–Crippen MR) is 119 cm³/mol. The second-order valence-corrected chi connectivity index (χ2v) is 8.39. The van der Waals surface area contributed by atoms with E-state index in [0.717, 1.165) is 0 Å². The van der Waals surface area contributed by atoms with Gasteiger partial charge in [0.05, 0.1) is 21.2 Å². The fraction of sp³-hybridized carbons (Fsp3) is 0.348. The highest BCUT2D eigenvalue weighted by molar-refractivity contribution is 6.43. The fourth-order valence-corrected chi connectivity index (χ4v) is 3.80. The number of benzene rings is 2. The normalized spacial score (nSPS) is 14.8. The lowest BCUT2D eigenvalue weighted by Crippen LogP contribution is -2.54. The quantitative estimate of drug-likeness (QED) is 0.669. The minimum atomic E-state index is -0.723. The van der Waals surface area contributed by atoms with Gasteiger partial charge in [-0.15, -0.1) is 0 Å². The number of carbonyl (C=O) groups is 2. The highest BCUT2D eigenvalue weighted by Gasteiger charge is 2.33. The molecular weight excluding hydrogens is 437 g/mol. The lowest BCUT2D eigenvalue weighted by Gasteiger charge is -2.37. The molecule has 1 unspecified atom stereocenters. The number of carbonyl (C=O) groups excluding carboxylic acids is 2. The van der Waals surface area contributed by atoms with Crippen molar-refractivity contribution in [3.63, 3.8) is 0 Å². The second-order valence-electron chi connectivity index (χ2n) is 7.61. The van der Waals surface area contributed by atoms with E-state index in [4.69, 9.17) is 27.9 Å². The second kappa shape index (κ2) is 10.0.